The van der Waals surface area contributed by atoms with Crippen LogP contribution in [0.15, 0.2) is 10.9 Å². The Balaban J connectivity index is 2.29. The first-order chi connectivity index (χ1) is 8.99. The Labute approximate surface area is 110 Å². The number of hydrogen-bond donors (Lipinski definition) is 3. The summed E-state index contributed by atoms with van der Waals surface area (Å²) in [6.07, 6.45) is 1.62. The highest BCUT2D eigenvalue weighted by atomic mass is 16.5. The second-order valence-electron chi connectivity index (χ2n) is 4.43. The van der Waals surface area contributed by atoms with Crippen LogP contribution in [0.3, 0.4) is 0 Å². The van der Waals surface area contributed by atoms with Gasteiger partial charge < -0.3 is 20.3 Å². The van der Waals surface area contributed by atoms with Gasteiger partial charge in [-0.3, -0.25) is 4.79 Å². The zero-order valence-corrected chi connectivity index (χ0v) is 10.9. The van der Waals surface area contributed by atoms with Crippen LogP contribution in [-0.4, -0.2) is 39.8 Å². The highest BCUT2D eigenvalue weighted by Gasteiger charge is 2.19. The molecule has 0 spiro atoms. The lowest BCUT2D eigenvalue weighted by molar-refractivity contribution is -0.137. The Bertz CT molecular complexity index is 405. The van der Waals surface area contributed by atoms with Gasteiger partial charge in [0.05, 0.1) is 6.42 Å². The van der Waals surface area contributed by atoms with Gasteiger partial charge in [-0.15, -0.1) is 0 Å². The van der Waals surface area contributed by atoms with E-state index in [9.17, 15) is 9.59 Å². The summed E-state index contributed by atoms with van der Waals surface area (Å²) in [6, 6.07) is -0.805. The number of carbonyl (C=O) groups excluding carboxylic acids is 1. The van der Waals surface area contributed by atoms with Crippen LogP contribution in [-0.2, 0) is 11.2 Å². The number of hydrogen-bond acceptors (Lipinski definition) is 5. The van der Waals surface area contributed by atoms with Crippen molar-refractivity contribution in [3.8, 4) is 0 Å². The van der Waals surface area contributed by atoms with Crippen molar-refractivity contribution in [2.45, 2.75) is 32.7 Å². The number of amides is 2. The quantitative estimate of drug-likeness (QED) is 0.660. The van der Waals surface area contributed by atoms with Crippen molar-refractivity contribution in [3.63, 3.8) is 0 Å². The Hall–Kier alpha value is -2.12. The molecular formula is C11H18N4O4. The molecule has 0 aliphatic heterocycles. The van der Waals surface area contributed by atoms with Crippen LogP contribution in [0, 0.1) is 5.92 Å². The number of rotatable bonds is 7. The first kappa shape index (κ1) is 14.9. The van der Waals surface area contributed by atoms with Crippen molar-refractivity contribution in [3.05, 3.63) is 12.2 Å². The molecule has 1 aromatic heterocycles. The number of nitrogens with zero attached hydrogens (tertiary/aromatic N) is 2. The van der Waals surface area contributed by atoms with Gasteiger partial charge in [-0.1, -0.05) is 19.0 Å². The lowest BCUT2D eigenvalue weighted by Crippen LogP contribution is -2.45. The van der Waals surface area contributed by atoms with Gasteiger partial charge in [0.1, 0.15) is 0 Å². The Kier molecular flexibility index (Phi) is 5.77. The van der Waals surface area contributed by atoms with E-state index in [0.717, 1.165) is 0 Å². The molecule has 0 saturated carbocycles. The van der Waals surface area contributed by atoms with Gasteiger partial charge in [0, 0.05) is 19.0 Å². The molecule has 3 N–H and O–H groups in total. The number of carboxylic acid groups (broad SMARTS) is 1. The predicted octanol–water partition coefficient (Wildman–Crippen LogP) is 0.411. The molecule has 0 saturated heterocycles. The van der Waals surface area contributed by atoms with E-state index in [4.69, 9.17) is 9.63 Å². The average molecular weight is 270 g/mol. The topological polar surface area (TPSA) is 117 Å². The van der Waals surface area contributed by atoms with E-state index in [1.807, 2.05) is 13.8 Å². The van der Waals surface area contributed by atoms with Gasteiger partial charge in [0.2, 0.25) is 5.89 Å². The monoisotopic (exact) mass is 270 g/mol. The Morgan fingerprint density at radius 2 is 2.21 bits per heavy atom. The van der Waals surface area contributed by atoms with Crippen LogP contribution in [0.2, 0.25) is 0 Å². The summed E-state index contributed by atoms with van der Waals surface area (Å²) in [5, 5.41) is 17.4. The molecule has 0 fully saturated rings. The normalized spacial score (nSPS) is 12.2. The van der Waals surface area contributed by atoms with E-state index < -0.39 is 18.0 Å². The summed E-state index contributed by atoms with van der Waals surface area (Å²) in [7, 11) is 0. The molecular weight excluding hydrogens is 252 g/mol. The van der Waals surface area contributed by atoms with Gasteiger partial charge in [-0.05, 0) is 5.92 Å². The molecule has 2 amide bonds. The molecule has 8 heteroatoms. The minimum absolute atomic E-state index is 0.0396. The van der Waals surface area contributed by atoms with E-state index in [2.05, 4.69) is 20.8 Å². The minimum atomic E-state index is -0.940. The maximum Gasteiger partial charge on any atom is 0.315 e. The fraction of sp³-hybridized carbons (Fsp3) is 0.636. The third-order valence-corrected chi connectivity index (χ3v) is 2.55. The molecule has 1 aromatic rings. The highest BCUT2D eigenvalue weighted by molar-refractivity contribution is 5.75. The third-order valence-electron chi connectivity index (χ3n) is 2.55. The first-order valence-corrected chi connectivity index (χ1v) is 6.00. The van der Waals surface area contributed by atoms with Gasteiger partial charge in [0.25, 0.3) is 0 Å². The van der Waals surface area contributed by atoms with E-state index in [1.54, 1.807) is 0 Å². The number of urea groups is 1. The molecule has 0 aliphatic carbocycles. The number of nitrogens with one attached hydrogen (secondary N) is 2. The largest absolute Gasteiger partial charge is 0.481 e. The van der Waals surface area contributed by atoms with Crippen molar-refractivity contribution in [1.29, 1.82) is 0 Å². The maximum atomic E-state index is 11.6. The van der Waals surface area contributed by atoms with Crippen LogP contribution in [0.25, 0.3) is 0 Å². The van der Waals surface area contributed by atoms with E-state index in [-0.39, 0.29) is 12.3 Å². The van der Waals surface area contributed by atoms with E-state index in [1.165, 1.54) is 6.33 Å². The van der Waals surface area contributed by atoms with Crippen LogP contribution in [0.4, 0.5) is 4.79 Å². The standard InChI is InChI=1S/C11H18N4O4/c1-7(2)8(5-10(16)17)15-11(18)12-4-3-9-13-6-14-19-9/h6-8H,3-5H2,1-2H3,(H,16,17)(H2,12,15,18). The molecule has 8 nitrogen and oxygen atoms in total. The third kappa shape index (κ3) is 5.84. The van der Waals surface area contributed by atoms with Crippen LogP contribution in [0.1, 0.15) is 26.2 Å². The molecule has 1 unspecified atom stereocenters. The Morgan fingerprint density at radius 1 is 1.47 bits per heavy atom. The second kappa shape index (κ2) is 7.34. The van der Waals surface area contributed by atoms with Crippen molar-refractivity contribution in [1.82, 2.24) is 20.8 Å². The zero-order valence-electron chi connectivity index (χ0n) is 10.9. The fourth-order valence-corrected chi connectivity index (χ4v) is 1.45. The highest BCUT2D eigenvalue weighted by Crippen LogP contribution is 2.05. The van der Waals surface area contributed by atoms with E-state index in [0.29, 0.717) is 18.9 Å². The van der Waals surface area contributed by atoms with Crippen molar-refractivity contribution in [2.75, 3.05) is 6.54 Å². The number of aromatic nitrogens is 2. The van der Waals surface area contributed by atoms with Crippen LogP contribution in [0.5, 0.6) is 0 Å². The van der Waals surface area contributed by atoms with Crippen LogP contribution >= 0.6 is 0 Å². The number of carbonyl (C=O) groups is 2. The van der Waals surface area contributed by atoms with Gasteiger partial charge in [-0.2, -0.15) is 4.98 Å². The summed E-state index contributed by atoms with van der Waals surface area (Å²) < 4.78 is 4.78. The summed E-state index contributed by atoms with van der Waals surface area (Å²) in [6.45, 7) is 4.05. The summed E-state index contributed by atoms with van der Waals surface area (Å²) in [5.41, 5.74) is 0. The molecule has 1 rings (SSSR count). The zero-order chi connectivity index (χ0) is 14.3. The maximum absolute atomic E-state index is 11.6. The van der Waals surface area contributed by atoms with Crippen LogP contribution < -0.4 is 10.6 Å². The van der Waals surface area contributed by atoms with E-state index >= 15 is 0 Å². The summed E-state index contributed by atoms with van der Waals surface area (Å²) >= 11 is 0. The molecule has 19 heavy (non-hydrogen) atoms. The Morgan fingerprint density at radius 3 is 2.74 bits per heavy atom. The second-order valence-corrected chi connectivity index (χ2v) is 4.43. The minimum Gasteiger partial charge on any atom is -0.481 e. The molecule has 1 heterocycles. The van der Waals surface area contributed by atoms with Crippen molar-refractivity contribution >= 4 is 12.0 Å². The predicted molar refractivity (Wildman–Crippen MR) is 65.4 cm³/mol. The molecule has 0 radical (unpaired) electrons. The lowest BCUT2D eigenvalue weighted by atomic mass is 10.0. The molecule has 0 bridgehead atoms. The average Bonchev–Trinajstić information content (AvgIpc) is 2.80. The summed E-state index contributed by atoms with van der Waals surface area (Å²) in [5.74, 6) is -0.464. The molecule has 106 valence electrons. The smallest absolute Gasteiger partial charge is 0.315 e. The van der Waals surface area contributed by atoms with Gasteiger partial charge in [0.15, 0.2) is 6.33 Å². The van der Waals surface area contributed by atoms with Gasteiger partial charge in [-0.25, -0.2) is 4.79 Å². The molecule has 0 aromatic carbocycles. The fourth-order valence-electron chi connectivity index (χ4n) is 1.45. The number of carboxylic acids is 1. The first-order valence-electron chi connectivity index (χ1n) is 6.00. The SMILES string of the molecule is CC(C)C(CC(=O)O)NC(=O)NCCc1ncno1. The lowest BCUT2D eigenvalue weighted by Gasteiger charge is -2.20. The molecule has 1 atom stereocenters. The molecule has 0 aliphatic rings. The van der Waals surface area contributed by atoms with Crippen molar-refractivity contribution < 1.29 is 19.2 Å². The van der Waals surface area contributed by atoms with Crippen molar-refractivity contribution in [2.24, 2.45) is 5.92 Å². The van der Waals surface area contributed by atoms with Gasteiger partial charge >= 0.3 is 12.0 Å². The summed E-state index contributed by atoms with van der Waals surface area (Å²) in [4.78, 5) is 26.1. The number of aliphatic carboxylic acids is 1.